The van der Waals surface area contributed by atoms with Crippen LogP contribution in [0.15, 0.2) is 29.1 Å². The van der Waals surface area contributed by atoms with Crippen molar-refractivity contribution in [2.24, 2.45) is 0 Å². The maximum atomic E-state index is 12.7. The second kappa shape index (κ2) is 7.88. The molecule has 0 saturated heterocycles. The first kappa shape index (κ1) is 18.4. The van der Waals surface area contributed by atoms with Gasteiger partial charge in [-0.1, -0.05) is 12.1 Å². The number of rotatable bonds is 6. The minimum absolute atomic E-state index is 0.232. The third-order valence-corrected chi connectivity index (χ3v) is 5.41. The number of aromatic amines is 1. The number of alkyl halides is 1. The molecule has 0 saturated carbocycles. The van der Waals surface area contributed by atoms with Crippen molar-refractivity contribution in [2.45, 2.75) is 19.8 Å². The Morgan fingerprint density at radius 2 is 2.15 bits per heavy atom. The van der Waals surface area contributed by atoms with E-state index in [1.165, 1.54) is 11.3 Å². The third kappa shape index (κ3) is 3.59. The van der Waals surface area contributed by atoms with Gasteiger partial charge in [0.05, 0.1) is 23.1 Å². The summed E-state index contributed by atoms with van der Waals surface area (Å²) in [6.45, 7) is 1.76. The molecule has 0 fully saturated rings. The Balaban J connectivity index is 1.97. The van der Waals surface area contributed by atoms with Crippen molar-refractivity contribution in [3.63, 3.8) is 0 Å². The van der Waals surface area contributed by atoms with E-state index in [-0.39, 0.29) is 11.5 Å². The number of aromatic nitrogens is 2. The van der Waals surface area contributed by atoms with Gasteiger partial charge in [-0.3, -0.25) is 9.59 Å². The number of methoxy groups -OCH3 is 1. The Bertz CT molecular complexity index is 1010. The number of hydrogen-bond donors (Lipinski definition) is 2. The van der Waals surface area contributed by atoms with Crippen LogP contribution in [-0.4, -0.2) is 28.9 Å². The molecule has 3 rings (SSSR count). The predicted octanol–water partition coefficient (Wildman–Crippen LogP) is 3.73. The van der Waals surface area contributed by atoms with Crippen LogP contribution in [0.25, 0.3) is 10.2 Å². The Morgan fingerprint density at radius 1 is 1.38 bits per heavy atom. The molecule has 3 aromatic rings. The zero-order valence-corrected chi connectivity index (χ0v) is 16.0. The van der Waals surface area contributed by atoms with E-state index in [0.29, 0.717) is 50.2 Å². The van der Waals surface area contributed by atoms with Gasteiger partial charge in [0.15, 0.2) is 0 Å². The quantitative estimate of drug-likeness (QED) is 0.627. The molecule has 0 aliphatic rings. The van der Waals surface area contributed by atoms with E-state index in [1.54, 1.807) is 26.2 Å². The molecule has 1 aromatic carbocycles. The summed E-state index contributed by atoms with van der Waals surface area (Å²) >= 11 is 6.91. The summed E-state index contributed by atoms with van der Waals surface area (Å²) in [4.78, 5) is 33.4. The number of halogens is 1. The van der Waals surface area contributed by atoms with Gasteiger partial charge in [0.1, 0.15) is 16.4 Å². The number of benzene rings is 1. The van der Waals surface area contributed by atoms with E-state index in [2.05, 4.69) is 15.3 Å². The number of H-pyrrole nitrogens is 1. The zero-order valence-electron chi connectivity index (χ0n) is 14.4. The van der Waals surface area contributed by atoms with Crippen molar-refractivity contribution in [1.82, 2.24) is 9.97 Å². The fourth-order valence-electron chi connectivity index (χ4n) is 2.68. The van der Waals surface area contributed by atoms with Crippen LogP contribution >= 0.6 is 22.9 Å². The van der Waals surface area contributed by atoms with Crippen LogP contribution in [-0.2, 0) is 6.42 Å². The number of hydrogen-bond acceptors (Lipinski definition) is 5. The minimum Gasteiger partial charge on any atom is -0.495 e. The lowest BCUT2D eigenvalue weighted by Gasteiger charge is -2.09. The molecule has 0 aliphatic carbocycles. The maximum Gasteiger partial charge on any atom is 0.266 e. The van der Waals surface area contributed by atoms with Crippen LogP contribution < -0.4 is 15.6 Å². The van der Waals surface area contributed by atoms with Gasteiger partial charge < -0.3 is 15.0 Å². The largest absolute Gasteiger partial charge is 0.495 e. The average Bonchev–Trinajstić information content (AvgIpc) is 2.97. The monoisotopic (exact) mass is 391 g/mol. The minimum atomic E-state index is -0.295. The standard InChI is InChI=1S/C18H18ClN3O3S/c1-10-14-16(23)21-13(8-5-9-19)22-18(14)26-15(10)17(24)20-11-6-3-4-7-12(11)25-2/h3-4,6-7H,5,8-9H2,1-2H3,(H,20,24)(H,21,22,23). The average molecular weight is 392 g/mol. The van der Waals surface area contributed by atoms with Gasteiger partial charge in [0, 0.05) is 12.3 Å². The van der Waals surface area contributed by atoms with Crippen LogP contribution in [0.4, 0.5) is 5.69 Å². The van der Waals surface area contributed by atoms with Crippen LogP contribution in [0.3, 0.4) is 0 Å². The molecule has 26 heavy (non-hydrogen) atoms. The van der Waals surface area contributed by atoms with Gasteiger partial charge >= 0.3 is 0 Å². The normalized spacial score (nSPS) is 10.9. The predicted molar refractivity (Wildman–Crippen MR) is 105 cm³/mol. The lowest BCUT2D eigenvalue weighted by Crippen LogP contribution is -2.14. The molecule has 136 valence electrons. The van der Waals surface area contributed by atoms with Crippen molar-refractivity contribution < 1.29 is 9.53 Å². The van der Waals surface area contributed by atoms with E-state index >= 15 is 0 Å². The third-order valence-electron chi connectivity index (χ3n) is 3.96. The molecule has 6 nitrogen and oxygen atoms in total. The Hall–Kier alpha value is -2.38. The summed E-state index contributed by atoms with van der Waals surface area (Å²) < 4.78 is 5.25. The van der Waals surface area contributed by atoms with E-state index in [1.807, 2.05) is 12.1 Å². The van der Waals surface area contributed by atoms with Gasteiger partial charge in [0.2, 0.25) is 0 Å². The van der Waals surface area contributed by atoms with E-state index < -0.39 is 0 Å². The molecular formula is C18H18ClN3O3S. The topological polar surface area (TPSA) is 84.1 Å². The zero-order chi connectivity index (χ0) is 18.7. The molecule has 2 N–H and O–H groups in total. The van der Waals surface area contributed by atoms with Crippen LogP contribution in [0.1, 0.15) is 27.5 Å². The summed E-state index contributed by atoms with van der Waals surface area (Å²) in [5.41, 5.74) is 0.959. The van der Waals surface area contributed by atoms with Gasteiger partial charge in [-0.2, -0.15) is 0 Å². The number of carbonyl (C=O) groups is 1. The number of nitrogens with zero attached hydrogens (tertiary/aromatic N) is 1. The molecule has 0 aliphatic heterocycles. The highest BCUT2D eigenvalue weighted by atomic mass is 35.5. The lowest BCUT2D eigenvalue weighted by molar-refractivity contribution is 0.102. The van der Waals surface area contributed by atoms with Gasteiger partial charge in [-0.25, -0.2) is 4.98 Å². The van der Waals surface area contributed by atoms with Crippen LogP contribution in [0, 0.1) is 6.92 Å². The fourth-order valence-corrected chi connectivity index (χ4v) is 3.91. The van der Waals surface area contributed by atoms with E-state index in [0.717, 1.165) is 6.42 Å². The second-order valence-corrected chi connectivity index (χ2v) is 7.07. The van der Waals surface area contributed by atoms with Crippen molar-refractivity contribution in [3.8, 4) is 5.75 Å². The first-order valence-corrected chi connectivity index (χ1v) is 9.43. The smallest absolute Gasteiger partial charge is 0.266 e. The molecular weight excluding hydrogens is 374 g/mol. The Labute approximate surface area is 159 Å². The summed E-state index contributed by atoms with van der Waals surface area (Å²) in [5.74, 6) is 1.36. The SMILES string of the molecule is COc1ccccc1NC(=O)c1sc2nc(CCCCl)[nH]c(=O)c2c1C. The summed E-state index contributed by atoms with van der Waals surface area (Å²) in [6, 6.07) is 7.16. The van der Waals surface area contributed by atoms with Crippen LogP contribution in [0.5, 0.6) is 5.75 Å². The van der Waals surface area contributed by atoms with E-state index in [4.69, 9.17) is 16.3 Å². The van der Waals surface area contributed by atoms with Crippen molar-refractivity contribution in [2.75, 3.05) is 18.3 Å². The van der Waals surface area contributed by atoms with E-state index in [9.17, 15) is 9.59 Å². The first-order valence-electron chi connectivity index (χ1n) is 8.07. The molecule has 0 spiro atoms. The fraction of sp³-hybridized carbons (Fsp3) is 0.278. The highest BCUT2D eigenvalue weighted by Crippen LogP contribution is 2.29. The number of thiophene rings is 1. The number of aryl methyl sites for hydroxylation is 2. The maximum absolute atomic E-state index is 12.7. The number of fused-ring (bicyclic) bond motifs is 1. The number of amides is 1. The molecule has 1 amide bonds. The highest BCUT2D eigenvalue weighted by molar-refractivity contribution is 7.20. The van der Waals surface area contributed by atoms with Crippen LogP contribution in [0.2, 0.25) is 0 Å². The Kier molecular flexibility index (Phi) is 5.58. The van der Waals surface area contributed by atoms with Gasteiger partial charge in [-0.15, -0.1) is 22.9 Å². The number of anilines is 1. The second-order valence-electron chi connectivity index (χ2n) is 5.70. The molecule has 2 aromatic heterocycles. The lowest BCUT2D eigenvalue weighted by atomic mass is 10.2. The number of para-hydroxylation sites is 2. The van der Waals surface area contributed by atoms with Crippen molar-refractivity contribution in [1.29, 1.82) is 0 Å². The summed E-state index contributed by atoms with van der Waals surface area (Å²) in [5, 5.41) is 3.29. The molecule has 0 unspecified atom stereocenters. The molecule has 0 atom stereocenters. The first-order chi connectivity index (χ1) is 12.5. The molecule has 0 radical (unpaired) electrons. The highest BCUT2D eigenvalue weighted by Gasteiger charge is 2.20. The number of carbonyl (C=O) groups excluding carboxylic acids is 1. The summed E-state index contributed by atoms with van der Waals surface area (Å²) in [7, 11) is 1.54. The molecule has 2 heterocycles. The summed E-state index contributed by atoms with van der Waals surface area (Å²) in [6.07, 6.45) is 1.32. The number of nitrogens with one attached hydrogen (secondary N) is 2. The number of ether oxygens (including phenoxy) is 1. The molecule has 0 bridgehead atoms. The van der Waals surface area contributed by atoms with Crippen molar-refractivity contribution in [3.05, 3.63) is 50.9 Å². The Morgan fingerprint density at radius 3 is 2.88 bits per heavy atom. The molecule has 8 heteroatoms. The van der Waals surface area contributed by atoms with Gasteiger partial charge in [0.25, 0.3) is 11.5 Å². The van der Waals surface area contributed by atoms with Crippen molar-refractivity contribution >= 4 is 44.7 Å². The van der Waals surface area contributed by atoms with Gasteiger partial charge in [-0.05, 0) is 31.0 Å².